The van der Waals surface area contributed by atoms with Crippen LogP contribution in [0, 0.1) is 0 Å². The number of likely N-dealkylation sites (N-methyl/N-ethyl adjacent to an activating group) is 1. The fraction of sp³-hybridized carbons (Fsp3) is 0.250. The number of hydrogen-bond donors (Lipinski definition) is 2. The van der Waals surface area contributed by atoms with Crippen LogP contribution >= 0.6 is 0 Å². The lowest BCUT2D eigenvalue weighted by Crippen LogP contribution is -2.35. The third-order valence-corrected chi connectivity index (χ3v) is 2.64. The Morgan fingerprint density at radius 2 is 2.21 bits per heavy atom. The van der Waals surface area contributed by atoms with Crippen LogP contribution in [0.1, 0.15) is 6.42 Å². The molecule has 1 aromatic rings. The first kappa shape index (κ1) is 12.9. The molecular weight excluding hydrogens is 252 g/mol. The fourth-order valence-electron chi connectivity index (χ4n) is 1.69. The highest BCUT2D eigenvalue weighted by atomic mass is 16.5. The standard InChI is InChI=1S/C12H12N2O5/c1-14-8-4-7(13-10(15)5-12(17)18)2-3-9(8)19-6-11(14)16/h2-4H,5-6H2,1H3,(H,13,15)(H,17,18). The van der Waals surface area contributed by atoms with Crippen LogP contribution < -0.4 is 15.0 Å². The smallest absolute Gasteiger partial charge is 0.312 e. The lowest BCUT2D eigenvalue weighted by Gasteiger charge is -2.26. The summed E-state index contributed by atoms with van der Waals surface area (Å²) in [5.74, 6) is -1.48. The van der Waals surface area contributed by atoms with Gasteiger partial charge in [0.15, 0.2) is 6.61 Å². The molecule has 2 N–H and O–H groups in total. The largest absolute Gasteiger partial charge is 0.482 e. The zero-order valence-electron chi connectivity index (χ0n) is 10.2. The van der Waals surface area contributed by atoms with Gasteiger partial charge in [0.2, 0.25) is 5.91 Å². The minimum atomic E-state index is -1.20. The van der Waals surface area contributed by atoms with Crippen molar-refractivity contribution < 1.29 is 24.2 Å². The predicted octanol–water partition coefficient (Wildman–Crippen LogP) is 0.455. The molecule has 7 heteroatoms. The van der Waals surface area contributed by atoms with Gasteiger partial charge in [-0.05, 0) is 18.2 Å². The van der Waals surface area contributed by atoms with Crippen LogP contribution in [0.5, 0.6) is 5.75 Å². The highest BCUT2D eigenvalue weighted by Crippen LogP contribution is 2.33. The number of benzene rings is 1. The van der Waals surface area contributed by atoms with Gasteiger partial charge in [-0.15, -0.1) is 0 Å². The Balaban J connectivity index is 2.18. The zero-order valence-corrected chi connectivity index (χ0v) is 10.2. The molecule has 7 nitrogen and oxygen atoms in total. The van der Waals surface area contributed by atoms with E-state index in [9.17, 15) is 14.4 Å². The van der Waals surface area contributed by atoms with Crippen molar-refractivity contribution in [1.29, 1.82) is 0 Å². The van der Waals surface area contributed by atoms with Gasteiger partial charge >= 0.3 is 5.97 Å². The molecule has 2 amide bonds. The molecule has 0 saturated carbocycles. The van der Waals surface area contributed by atoms with Gasteiger partial charge in [0.25, 0.3) is 5.91 Å². The molecule has 0 bridgehead atoms. The SMILES string of the molecule is CN1C(=O)COc2ccc(NC(=O)CC(=O)O)cc21. The molecule has 0 aromatic heterocycles. The van der Waals surface area contributed by atoms with Crippen molar-refractivity contribution in [3.63, 3.8) is 0 Å². The van der Waals surface area contributed by atoms with E-state index in [2.05, 4.69) is 5.32 Å². The third-order valence-electron chi connectivity index (χ3n) is 2.64. The van der Waals surface area contributed by atoms with Crippen molar-refractivity contribution >= 4 is 29.2 Å². The Morgan fingerprint density at radius 3 is 2.89 bits per heavy atom. The minimum Gasteiger partial charge on any atom is -0.482 e. The molecule has 1 heterocycles. The molecule has 0 spiro atoms. The van der Waals surface area contributed by atoms with Crippen molar-refractivity contribution in [2.75, 3.05) is 23.9 Å². The Kier molecular flexibility index (Phi) is 3.37. The Bertz CT molecular complexity index is 555. The predicted molar refractivity (Wildman–Crippen MR) is 66.2 cm³/mol. The Morgan fingerprint density at radius 1 is 1.47 bits per heavy atom. The number of nitrogens with one attached hydrogen (secondary N) is 1. The number of ether oxygens (including phenoxy) is 1. The molecule has 0 unspecified atom stereocenters. The van der Waals surface area contributed by atoms with E-state index in [-0.39, 0.29) is 12.5 Å². The number of rotatable bonds is 3. The van der Waals surface area contributed by atoms with Crippen LogP contribution in [0.4, 0.5) is 11.4 Å². The lowest BCUT2D eigenvalue weighted by molar-refractivity contribution is -0.139. The molecule has 1 aliphatic rings. The second-order valence-corrected chi connectivity index (χ2v) is 4.04. The zero-order chi connectivity index (χ0) is 14.0. The van der Waals surface area contributed by atoms with Crippen LogP contribution in [0.25, 0.3) is 0 Å². The van der Waals surface area contributed by atoms with Gasteiger partial charge in [-0.3, -0.25) is 14.4 Å². The van der Waals surface area contributed by atoms with Gasteiger partial charge in [0.05, 0.1) is 5.69 Å². The molecule has 1 aromatic carbocycles. The van der Waals surface area contributed by atoms with Crippen molar-refractivity contribution in [3.8, 4) is 5.75 Å². The van der Waals surface area contributed by atoms with E-state index in [0.29, 0.717) is 17.1 Å². The Hall–Kier alpha value is -2.57. The van der Waals surface area contributed by atoms with Crippen LogP contribution in [0.2, 0.25) is 0 Å². The normalized spacial score (nSPS) is 13.5. The summed E-state index contributed by atoms with van der Waals surface area (Å²) < 4.78 is 5.23. The summed E-state index contributed by atoms with van der Waals surface area (Å²) in [6.45, 7) is -0.0196. The van der Waals surface area contributed by atoms with E-state index in [1.54, 1.807) is 25.2 Å². The van der Waals surface area contributed by atoms with E-state index in [0.717, 1.165) is 0 Å². The van der Waals surface area contributed by atoms with Gasteiger partial charge in [-0.1, -0.05) is 0 Å². The summed E-state index contributed by atoms with van der Waals surface area (Å²) in [6.07, 6.45) is -0.609. The second kappa shape index (κ2) is 4.97. The monoisotopic (exact) mass is 264 g/mol. The van der Waals surface area contributed by atoms with Gasteiger partial charge in [-0.2, -0.15) is 0 Å². The maximum atomic E-state index is 11.5. The molecule has 2 rings (SSSR count). The van der Waals surface area contributed by atoms with Crippen LogP contribution in [0.15, 0.2) is 18.2 Å². The van der Waals surface area contributed by atoms with Crippen LogP contribution in [0.3, 0.4) is 0 Å². The quantitative estimate of drug-likeness (QED) is 0.773. The average Bonchev–Trinajstić information content (AvgIpc) is 2.33. The van der Waals surface area contributed by atoms with E-state index in [1.807, 2.05) is 0 Å². The maximum Gasteiger partial charge on any atom is 0.312 e. The summed E-state index contributed by atoms with van der Waals surface area (Å²) in [7, 11) is 1.60. The summed E-state index contributed by atoms with van der Waals surface area (Å²) in [5.41, 5.74) is 0.944. The lowest BCUT2D eigenvalue weighted by atomic mass is 10.2. The number of anilines is 2. The van der Waals surface area contributed by atoms with Crippen molar-refractivity contribution in [3.05, 3.63) is 18.2 Å². The molecule has 0 saturated heterocycles. The molecule has 100 valence electrons. The van der Waals surface area contributed by atoms with Gasteiger partial charge in [0, 0.05) is 12.7 Å². The number of carboxylic acids is 1. The van der Waals surface area contributed by atoms with E-state index in [1.165, 1.54) is 4.90 Å². The second-order valence-electron chi connectivity index (χ2n) is 4.04. The third kappa shape index (κ3) is 2.82. The van der Waals surface area contributed by atoms with E-state index >= 15 is 0 Å². The molecule has 0 radical (unpaired) electrons. The summed E-state index contributed by atoms with van der Waals surface area (Å²) in [5, 5.41) is 10.9. The van der Waals surface area contributed by atoms with E-state index < -0.39 is 18.3 Å². The first-order valence-corrected chi connectivity index (χ1v) is 5.52. The Labute approximate surface area is 108 Å². The first-order valence-electron chi connectivity index (χ1n) is 5.52. The number of fused-ring (bicyclic) bond motifs is 1. The summed E-state index contributed by atoms with van der Waals surface area (Å²) >= 11 is 0. The van der Waals surface area contributed by atoms with Crippen molar-refractivity contribution in [1.82, 2.24) is 0 Å². The molecule has 19 heavy (non-hydrogen) atoms. The number of aliphatic carboxylic acids is 1. The number of carbonyl (C=O) groups is 3. The molecule has 0 aliphatic carbocycles. The van der Waals surface area contributed by atoms with Crippen molar-refractivity contribution in [2.45, 2.75) is 6.42 Å². The minimum absolute atomic E-state index is 0.0196. The first-order chi connectivity index (χ1) is 8.97. The van der Waals surface area contributed by atoms with E-state index in [4.69, 9.17) is 9.84 Å². The number of carboxylic acid groups (broad SMARTS) is 1. The highest BCUT2D eigenvalue weighted by molar-refractivity contribution is 6.02. The summed E-state index contributed by atoms with van der Waals surface area (Å²) in [4.78, 5) is 34.6. The molecule has 0 fully saturated rings. The van der Waals surface area contributed by atoms with Crippen LogP contribution in [-0.2, 0) is 14.4 Å². The van der Waals surface area contributed by atoms with Gasteiger partial charge < -0.3 is 20.1 Å². The maximum absolute atomic E-state index is 11.5. The molecule has 0 atom stereocenters. The van der Waals surface area contributed by atoms with Crippen LogP contribution in [-0.4, -0.2) is 36.5 Å². The highest BCUT2D eigenvalue weighted by Gasteiger charge is 2.22. The van der Waals surface area contributed by atoms with Crippen molar-refractivity contribution in [2.24, 2.45) is 0 Å². The number of hydrogen-bond acceptors (Lipinski definition) is 4. The molecule has 1 aliphatic heterocycles. The number of amides is 2. The summed E-state index contributed by atoms with van der Waals surface area (Å²) in [6, 6.07) is 4.77. The van der Waals surface area contributed by atoms with Gasteiger partial charge in [0.1, 0.15) is 12.2 Å². The number of nitrogens with zero attached hydrogens (tertiary/aromatic N) is 1. The number of carbonyl (C=O) groups excluding carboxylic acids is 2. The molecular formula is C12H12N2O5. The fourth-order valence-corrected chi connectivity index (χ4v) is 1.69. The topological polar surface area (TPSA) is 95.9 Å². The average molecular weight is 264 g/mol. The van der Waals surface area contributed by atoms with Gasteiger partial charge in [-0.25, -0.2) is 0 Å².